The molecule has 43 heavy (non-hydrogen) atoms. The molecule has 1 heterocycles. The van der Waals surface area contributed by atoms with Gasteiger partial charge in [-0.2, -0.15) is 5.10 Å². The summed E-state index contributed by atoms with van der Waals surface area (Å²) in [5.41, 5.74) is 5.65. The quantitative estimate of drug-likeness (QED) is 0.0913. The van der Waals surface area contributed by atoms with E-state index in [2.05, 4.69) is 37.1 Å². The first-order valence-electron chi connectivity index (χ1n) is 13.5. The number of methoxy groups -OCH3 is 1. The summed E-state index contributed by atoms with van der Waals surface area (Å²) in [4.78, 5) is 24.6. The van der Waals surface area contributed by atoms with Crippen molar-refractivity contribution < 1.29 is 33.6 Å². The van der Waals surface area contributed by atoms with Crippen LogP contribution in [0, 0.1) is 0 Å². The molecule has 2 amide bonds. The smallest absolute Gasteiger partial charge is 0.337 e. The second-order valence-corrected chi connectivity index (χ2v) is 10.3. The molecular weight excluding hydrogens is 620 g/mol. The zero-order valence-corrected chi connectivity index (χ0v) is 25.5. The number of nitrogens with zero attached hydrogens (tertiary/aromatic N) is 1. The maximum Gasteiger partial charge on any atom is 0.337 e. The van der Waals surface area contributed by atoms with Crippen molar-refractivity contribution in [2.75, 3.05) is 20.3 Å². The first-order valence-corrected chi connectivity index (χ1v) is 14.3. The summed E-state index contributed by atoms with van der Waals surface area (Å²) in [6.45, 7) is 4.03. The van der Waals surface area contributed by atoms with Gasteiger partial charge in [-0.15, -0.1) is 0 Å². The van der Waals surface area contributed by atoms with Crippen LogP contribution in [0.1, 0.15) is 36.6 Å². The number of ether oxygens (including phenoxy) is 4. The van der Waals surface area contributed by atoms with E-state index >= 15 is 0 Å². The molecule has 0 unspecified atom stereocenters. The number of hydrogen-bond acceptors (Lipinski definition) is 9. The van der Waals surface area contributed by atoms with E-state index in [9.17, 15) is 14.7 Å². The summed E-state index contributed by atoms with van der Waals surface area (Å²) in [5, 5.41) is 20.0. The average Bonchev–Trinajstić information content (AvgIpc) is 3.00. The third-order valence-corrected chi connectivity index (χ3v) is 6.80. The number of amides is 2. The Morgan fingerprint density at radius 3 is 2.58 bits per heavy atom. The second kappa shape index (κ2) is 15.1. The van der Waals surface area contributed by atoms with Gasteiger partial charge in [0, 0.05) is 15.7 Å². The van der Waals surface area contributed by atoms with Gasteiger partial charge in [-0.1, -0.05) is 52.3 Å². The predicted molar refractivity (Wildman–Crippen MR) is 164 cm³/mol. The fraction of sp³-hybridized carbons (Fsp3) is 0.258. The number of allylic oxidation sites excluding steroid dienone is 1. The van der Waals surface area contributed by atoms with Crippen LogP contribution in [0.5, 0.6) is 17.2 Å². The van der Waals surface area contributed by atoms with Crippen LogP contribution in [-0.2, 0) is 16.1 Å². The van der Waals surface area contributed by atoms with Gasteiger partial charge in [0.1, 0.15) is 19.0 Å². The maximum absolute atomic E-state index is 12.4. The third kappa shape index (κ3) is 8.49. The molecule has 0 fully saturated rings. The lowest BCUT2D eigenvalue weighted by atomic mass is 9.95. The van der Waals surface area contributed by atoms with Crippen molar-refractivity contribution in [2.45, 2.75) is 32.7 Å². The van der Waals surface area contributed by atoms with Gasteiger partial charge in [-0.05, 0) is 55.3 Å². The van der Waals surface area contributed by atoms with Crippen molar-refractivity contribution in [3.8, 4) is 17.2 Å². The molecule has 12 heteroatoms. The molecule has 226 valence electrons. The summed E-state index contributed by atoms with van der Waals surface area (Å²) in [6, 6.07) is 19.2. The van der Waals surface area contributed by atoms with E-state index < -0.39 is 24.3 Å². The molecule has 0 saturated carbocycles. The summed E-state index contributed by atoms with van der Waals surface area (Å²) in [7, 11) is 1.28. The minimum Gasteiger partial charge on any atom is -0.490 e. The molecule has 1 aliphatic rings. The van der Waals surface area contributed by atoms with Crippen LogP contribution >= 0.6 is 15.9 Å². The van der Waals surface area contributed by atoms with E-state index in [0.29, 0.717) is 47.3 Å². The number of urea groups is 1. The van der Waals surface area contributed by atoms with Crippen molar-refractivity contribution in [1.82, 2.24) is 16.1 Å². The van der Waals surface area contributed by atoms with Crippen molar-refractivity contribution in [3.63, 3.8) is 0 Å². The van der Waals surface area contributed by atoms with Gasteiger partial charge < -0.3 is 34.7 Å². The number of aliphatic hydroxyl groups excluding tert-OH is 1. The highest BCUT2D eigenvalue weighted by atomic mass is 79.9. The van der Waals surface area contributed by atoms with Crippen LogP contribution in [-0.4, -0.2) is 49.9 Å². The monoisotopic (exact) mass is 652 g/mol. The zero-order chi connectivity index (χ0) is 30.8. The molecule has 4 N–H and O–H groups in total. The molecule has 1 aliphatic heterocycles. The van der Waals surface area contributed by atoms with Crippen LogP contribution in [0.25, 0.3) is 0 Å². The first-order chi connectivity index (χ1) is 20.8. The number of rotatable bonds is 13. The number of halogens is 1. The van der Waals surface area contributed by atoms with Gasteiger partial charge in [0.2, 0.25) is 0 Å². The number of hydrogen-bond donors (Lipinski definition) is 4. The van der Waals surface area contributed by atoms with Gasteiger partial charge in [-0.25, -0.2) is 9.59 Å². The normalized spacial score (nSPS) is 15.4. The molecule has 0 aliphatic carbocycles. The fourth-order valence-corrected chi connectivity index (χ4v) is 4.68. The Morgan fingerprint density at radius 1 is 1.07 bits per heavy atom. The highest BCUT2D eigenvalue weighted by Gasteiger charge is 2.32. The number of carbonyl (C=O) groups is 2. The Labute approximate surface area is 258 Å². The molecule has 4 rings (SSSR count). The van der Waals surface area contributed by atoms with Crippen LogP contribution in [0.15, 0.2) is 87.6 Å². The number of benzene rings is 3. The topological polar surface area (TPSA) is 140 Å². The van der Waals surface area contributed by atoms with E-state index in [0.717, 1.165) is 10.0 Å². The minimum absolute atomic E-state index is 0.150. The van der Waals surface area contributed by atoms with Gasteiger partial charge in [0.15, 0.2) is 17.7 Å². The van der Waals surface area contributed by atoms with Crippen LogP contribution < -0.4 is 30.3 Å². The summed E-state index contributed by atoms with van der Waals surface area (Å²) < 4.78 is 23.3. The maximum atomic E-state index is 12.4. The standard InChI is InChI=1S/C31H33BrN4O7/c1-4-41-26-15-21(29-28(30(38)40-3)19(2)34-31(39)35-29)10-12-25(26)43-18-27(37)36-33-16-22-14-23(32)11-13-24(22)42-17-20-8-6-5-7-9-20/h5-16,27,29,36-37H,4,17-18H2,1-3H3,(H2,34,35,39)/b33-16-/t27-,29+/m1/s1. The van der Waals surface area contributed by atoms with Crippen molar-refractivity contribution in [3.05, 3.63) is 99.2 Å². The fourth-order valence-electron chi connectivity index (χ4n) is 4.30. The summed E-state index contributed by atoms with van der Waals surface area (Å²) >= 11 is 3.47. The number of esters is 1. The van der Waals surface area contributed by atoms with Gasteiger partial charge in [0.05, 0.1) is 31.5 Å². The highest BCUT2D eigenvalue weighted by molar-refractivity contribution is 9.10. The van der Waals surface area contributed by atoms with Crippen molar-refractivity contribution in [2.24, 2.45) is 5.10 Å². The molecule has 3 aromatic carbocycles. The van der Waals surface area contributed by atoms with Crippen LogP contribution in [0.2, 0.25) is 0 Å². The average molecular weight is 654 g/mol. The molecule has 0 spiro atoms. The Kier molecular flexibility index (Phi) is 11.0. The largest absolute Gasteiger partial charge is 0.490 e. The molecule has 0 bridgehead atoms. The Hall–Kier alpha value is -4.55. The van der Waals surface area contributed by atoms with E-state index in [-0.39, 0.29) is 12.2 Å². The minimum atomic E-state index is -1.15. The van der Waals surface area contributed by atoms with Crippen LogP contribution in [0.3, 0.4) is 0 Å². The number of hydrazone groups is 1. The molecule has 11 nitrogen and oxygen atoms in total. The lowest BCUT2D eigenvalue weighted by Crippen LogP contribution is -2.45. The molecule has 2 atom stereocenters. The van der Waals surface area contributed by atoms with Gasteiger partial charge in [0.25, 0.3) is 0 Å². The predicted octanol–water partition coefficient (Wildman–Crippen LogP) is 4.55. The lowest BCUT2D eigenvalue weighted by molar-refractivity contribution is -0.136. The number of aliphatic hydroxyl groups is 1. The lowest BCUT2D eigenvalue weighted by Gasteiger charge is -2.28. The Bertz CT molecular complexity index is 1500. The number of carbonyl (C=O) groups excluding carboxylic acids is 2. The molecule has 0 saturated heterocycles. The first kappa shape index (κ1) is 31.4. The SMILES string of the molecule is CCOc1cc([C@@H]2NC(=O)NC(C)=C2C(=O)OC)ccc1OC[C@@H](O)N/N=C\c1cc(Br)ccc1OCc1ccccc1. The Balaban J connectivity index is 1.40. The summed E-state index contributed by atoms with van der Waals surface area (Å²) in [5.74, 6) is 0.801. The zero-order valence-electron chi connectivity index (χ0n) is 23.9. The Morgan fingerprint density at radius 2 is 1.84 bits per heavy atom. The second-order valence-electron chi connectivity index (χ2n) is 9.37. The molecular formula is C31H33BrN4O7. The van der Waals surface area contributed by atoms with Crippen molar-refractivity contribution in [1.29, 1.82) is 0 Å². The van der Waals surface area contributed by atoms with Gasteiger partial charge >= 0.3 is 12.0 Å². The molecule has 0 radical (unpaired) electrons. The number of nitrogens with one attached hydrogen (secondary N) is 3. The van der Waals surface area contributed by atoms with Gasteiger partial charge in [-0.3, -0.25) is 5.43 Å². The van der Waals surface area contributed by atoms with Crippen LogP contribution in [0.4, 0.5) is 4.79 Å². The third-order valence-electron chi connectivity index (χ3n) is 6.31. The van der Waals surface area contributed by atoms with E-state index in [1.54, 1.807) is 31.3 Å². The highest BCUT2D eigenvalue weighted by Crippen LogP contribution is 2.35. The van der Waals surface area contributed by atoms with E-state index in [1.807, 2.05) is 55.5 Å². The van der Waals surface area contributed by atoms with E-state index in [1.165, 1.54) is 7.11 Å². The molecule has 0 aromatic heterocycles. The van der Waals surface area contributed by atoms with Crippen molar-refractivity contribution >= 4 is 34.1 Å². The molecule has 3 aromatic rings. The summed E-state index contributed by atoms with van der Waals surface area (Å²) in [6.07, 6.45) is 0.405. The van der Waals surface area contributed by atoms with E-state index in [4.69, 9.17) is 18.9 Å².